The molecule has 1 fully saturated rings. The molecule has 1 aliphatic rings. The van der Waals surface area contributed by atoms with E-state index in [2.05, 4.69) is 29.3 Å². The van der Waals surface area contributed by atoms with Gasteiger partial charge in [0.2, 0.25) is 5.89 Å². The van der Waals surface area contributed by atoms with Crippen LogP contribution in [-0.2, 0) is 6.42 Å². The Hall–Kier alpha value is -0.900. The number of rotatable bonds is 6. The smallest absolute Gasteiger partial charge is 0.228 e. The minimum absolute atomic E-state index is 0.430. The summed E-state index contributed by atoms with van der Waals surface area (Å²) in [6.45, 7) is 4.48. The number of likely N-dealkylation sites (N-methyl/N-ethyl adjacent to an activating group) is 1. The number of nitrogens with zero attached hydrogens (tertiary/aromatic N) is 2. The number of hydrogen-bond acceptors (Lipinski definition) is 4. The van der Waals surface area contributed by atoms with Gasteiger partial charge in [-0.05, 0) is 32.2 Å². The zero-order valence-corrected chi connectivity index (χ0v) is 12.5. The van der Waals surface area contributed by atoms with E-state index in [1.165, 1.54) is 32.1 Å². The third kappa shape index (κ3) is 4.30. The molecule has 1 saturated carbocycles. The molecule has 4 nitrogen and oxygen atoms in total. The van der Waals surface area contributed by atoms with E-state index in [4.69, 9.17) is 4.52 Å². The van der Waals surface area contributed by atoms with Gasteiger partial charge in [0.05, 0.1) is 0 Å². The van der Waals surface area contributed by atoms with E-state index in [-0.39, 0.29) is 0 Å². The molecule has 1 unspecified atom stereocenters. The quantitative estimate of drug-likeness (QED) is 0.857. The first-order chi connectivity index (χ1) is 9.19. The average molecular weight is 265 g/mol. The van der Waals surface area contributed by atoms with Crippen LogP contribution in [0.25, 0.3) is 0 Å². The maximum atomic E-state index is 5.43. The topological polar surface area (TPSA) is 51.0 Å². The molecular formula is C15H27N3O. The highest BCUT2D eigenvalue weighted by Crippen LogP contribution is 2.30. The first kappa shape index (κ1) is 14.5. The minimum Gasteiger partial charge on any atom is -0.339 e. The molecule has 108 valence electrons. The van der Waals surface area contributed by atoms with Crippen molar-refractivity contribution in [2.45, 2.75) is 70.8 Å². The Kier molecular flexibility index (Phi) is 5.37. The molecule has 1 aromatic heterocycles. The molecule has 0 saturated heterocycles. The van der Waals surface area contributed by atoms with Crippen LogP contribution < -0.4 is 5.32 Å². The fraction of sp³-hybridized carbons (Fsp3) is 0.867. The van der Waals surface area contributed by atoms with Crippen LogP contribution in [0.3, 0.4) is 0 Å². The molecule has 1 aliphatic carbocycles. The SMILES string of the molecule is CNC(Cc1nc(C2CCCCC2)no1)CC(C)C. The van der Waals surface area contributed by atoms with E-state index in [1.807, 2.05) is 7.05 Å². The van der Waals surface area contributed by atoms with Gasteiger partial charge in [-0.25, -0.2) is 0 Å². The normalized spacial score (nSPS) is 18.9. The third-order valence-corrected chi connectivity index (χ3v) is 4.04. The van der Waals surface area contributed by atoms with E-state index < -0.39 is 0 Å². The summed E-state index contributed by atoms with van der Waals surface area (Å²) in [6.07, 6.45) is 8.40. The number of hydrogen-bond donors (Lipinski definition) is 1. The largest absolute Gasteiger partial charge is 0.339 e. The van der Waals surface area contributed by atoms with Crippen molar-refractivity contribution in [1.82, 2.24) is 15.5 Å². The highest BCUT2D eigenvalue weighted by molar-refractivity contribution is 4.98. The number of nitrogens with one attached hydrogen (secondary N) is 1. The lowest BCUT2D eigenvalue weighted by Gasteiger charge is -2.17. The molecule has 2 rings (SSSR count). The van der Waals surface area contributed by atoms with Crippen LogP contribution in [0.15, 0.2) is 4.52 Å². The Morgan fingerprint density at radius 1 is 1.26 bits per heavy atom. The predicted octanol–water partition coefficient (Wildman–Crippen LogP) is 3.29. The lowest BCUT2D eigenvalue weighted by Crippen LogP contribution is -2.29. The fourth-order valence-electron chi connectivity index (χ4n) is 2.96. The molecule has 4 heteroatoms. The summed E-state index contributed by atoms with van der Waals surface area (Å²) in [5, 5.41) is 7.54. The van der Waals surface area contributed by atoms with E-state index >= 15 is 0 Å². The average Bonchev–Trinajstić information content (AvgIpc) is 2.87. The van der Waals surface area contributed by atoms with Crippen LogP contribution in [0.5, 0.6) is 0 Å². The van der Waals surface area contributed by atoms with E-state index in [0.717, 1.165) is 24.6 Å². The van der Waals surface area contributed by atoms with Gasteiger partial charge in [-0.2, -0.15) is 4.98 Å². The highest BCUT2D eigenvalue weighted by Gasteiger charge is 2.22. The minimum atomic E-state index is 0.430. The Bertz CT molecular complexity index is 369. The van der Waals surface area contributed by atoms with Crippen molar-refractivity contribution in [2.75, 3.05) is 7.05 Å². The van der Waals surface area contributed by atoms with Crippen molar-refractivity contribution in [3.8, 4) is 0 Å². The molecule has 1 aromatic rings. The Labute approximate surface area is 116 Å². The molecule has 0 aromatic carbocycles. The summed E-state index contributed by atoms with van der Waals surface area (Å²) in [5.74, 6) is 2.94. The van der Waals surface area contributed by atoms with Gasteiger partial charge in [0.15, 0.2) is 5.82 Å². The molecular weight excluding hydrogens is 238 g/mol. The molecule has 1 N–H and O–H groups in total. The zero-order valence-electron chi connectivity index (χ0n) is 12.5. The standard InChI is InChI=1S/C15H27N3O/c1-11(2)9-13(16-3)10-14-17-15(18-19-14)12-7-5-4-6-8-12/h11-13,16H,4-10H2,1-3H3. The van der Waals surface area contributed by atoms with Crippen molar-refractivity contribution in [3.05, 3.63) is 11.7 Å². The van der Waals surface area contributed by atoms with Crippen molar-refractivity contribution in [1.29, 1.82) is 0 Å². The van der Waals surface area contributed by atoms with Crippen LogP contribution in [0, 0.1) is 5.92 Å². The van der Waals surface area contributed by atoms with Gasteiger partial charge in [0.25, 0.3) is 0 Å². The van der Waals surface area contributed by atoms with Gasteiger partial charge >= 0.3 is 0 Å². The lowest BCUT2D eigenvalue weighted by atomic mass is 9.89. The van der Waals surface area contributed by atoms with Crippen molar-refractivity contribution in [2.24, 2.45) is 5.92 Å². The molecule has 1 atom stereocenters. The second-order valence-electron chi connectivity index (χ2n) is 6.20. The van der Waals surface area contributed by atoms with Gasteiger partial charge in [-0.15, -0.1) is 0 Å². The lowest BCUT2D eigenvalue weighted by molar-refractivity contribution is 0.335. The Morgan fingerprint density at radius 3 is 2.63 bits per heavy atom. The summed E-state index contributed by atoms with van der Waals surface area (Å²) in [4.78, 5) is 4.61. The first-order valence-electron chi connectivity index (χ1n) is 7.68. The number of aromatic nitrogens is 2. The van der Waals surface area contributed by atoms with Gasteiger partial charge in [0, 0.05) is 18.4 Å². The first-order valence-corrected chi connectivity index (χ1v) is 7.68. The van der Waals surface area contributed by atoms with Gasteiger partial charge in [0.1, 0.15) is 0 Å². The molecule has 19 heavy (non-hydrogen) atoms. The monoisotopic (exact) mass is 265 g/mol. The molecule has 0 spiro atoms. The molecule has 0 amide bonds. The zero-order chi connectivity index (χ0) is 13.7. The Morgan fingerprint density at radius 2 is 2.00 bits per heavy atom. The van der Waals surface area contributed by atoms with Crippen molar-refractivity contribution in [3.63, 3.8) is 0 Å². The molecule has 0 aliphatic heterocycles. The summed E-state index contributed by atoms with van der Waals surface area (Å²) in [6, 6.07) is 0.430. The molecule has 0 bridgehead atoms. The summed E-state index contributed by atoms with van der Waals surface area (Å²) in [5.41, 5.74) is 0. The van der Waals surface area contributed by atoms with Crippen LogP contribution in [0.1, 0.15) is 70.0 Å². The van der Waals surface area contributed by atoms with Gasteiger partial charge < -0.3 is 9.84 Å². The van der Waals surface area contributed by atoms with E-state index in [0.29, 0.717) is 17.9 Å². The predicted molar refractivity (Wildman–Crippen MR) is 76.1 cm³/mol. The second-order valence-corrected chi connectivity index (χ2v) is 6.20. The van der Waals surface area contributed by atoms with Crippen LogP contribution in [0.2, 0.25) is 0 Å². The van der Waals surface area contributed by atoms with Crippen molar-refractivity contribution < 1.29 is 4.52 Å². The van der Waals surface area contributed by atoms with Gasteiger partial charge in [-0.1, -0.05) is 38.3 Å². The maximum Gasteiger partial charge on any atom is 0.228 e. The van der Waals surface area contributed by atoms with E-state index in [1.54, 1.807) is 0 Å². The molecule has 0 radical (unpaired) electrons. The Balaban J connectivity index is 1.92. The maximum absolute atomic E-state index is 5.43. The van der Waals surface area contributed by atoms with Crippen molar-refractivity contribution >= 4 is 0 Å². The second kappa shape index (κ2) is 7.04. The summed E-state index contributed by atoms with van der Waals surface area (Å²) >= 11 is 0. The molecule has 1 heterocycles. The summed E-state index contributed by atoms with van der Waals surface area (Å²) < 4.78 is 5.43. The van der Waals surface area contributed by atoms with Crippen LogP contribution in [-0.4, -0.2) is 23.2 Å². The third-order valence-electron chi connectivity index (χ3n) is 4.04. The highest BCUT2D eigenvalue weighted by atomic mass is 16.5. The van der Waals surface area contributed by atoms with E-state index in [9.17, 15) is 0 Å². The van der Waals surface area contributed by atoms with Crippen LogP contribution in [0.4, 0.5) is 0 Å². The van der Waals surface area contributed by atoms with Crippen LogP contribution >= 0.6 is 0 Å². The summed E-state index contributed by atoms with van der Waals surface area (Å²) in [7, 11) is 2.01. The fourth-order valence-corrected chi connectivity index (χ4v) is 2.96. The van der Waals surface area contributed by atoms with Gasteiger partial charge in [-0.3, -0.25) is 0 Å².